The maximum absolute atomic E-state index is 11.5. The highest BCUT2D eigenvalue weighted by Crippen LogP contribution is 2.47. The van der Waals surface area contributed by atoms with Crippen LogP contribution >= 0.6 is 0 Å². The first kappa shape index (κ1) is 13.7. The summed E-state index contributed by atoms with van der Waals surface area (Å²) >= 11 is 0. The van der Waals surface area contributed by atoms with Gasteiger partial charge in [-0.15, -0.1) is 0 Å². The second kappa shape index (κ2) is 5.11. The Bertz CT molecular complexity index is 465. The summed E-state index contributed by atoms with van der Waals surface area (Å²) < 4.78 is 5.21. The van der Waals surface area contributed by atoms with Crippen LogP contribution in [-0.4, -0.2) is 18.2 Å². The number of anilines is 1. The highest BCUT2D eigenvalue weighted by Gasteiger charge is 2.38. The molecule has 2 unspecified atom stereocenters. The molecule has 4 heteroatoms. The minimum Gasteiger partial charge on any atom is -0.444 e. The average molecular weight is 262 g/mol. The molecule has 2 rings (SSSR count). The number of carbonyl (C=O) groups is 1. The van der Waals surface area contributed by atoms with Crippen LogP contribution in [0.3, 0.4) is 0 Å². The summed E-state index contributed by atoms with van der Waals surface area (Å²) in [5.41, 5.74) is 7.38. The molecule has 1 aromatic carbocycles. The van der Waals surface area contributed by atoms with Crippen LogP contribution in [0.4, 0.5) is 10.5 Å². The molecule has 19 heavy (non-hydrogen) atoms. The minimum absolute atomic E-state index is 0.342. The number of benzene rings is 1. The normalized spacial score (nSPS) is 21.8. The maximum atomic E-state index is 11.5. The standard InChI is InChI=1S/C15H22N2O2/c1-15(2,3)19-14(18)17-9-11-8-13(11)10-5-4-6-12(16)7-10/h4-7,11,13H,8-9,16H2,1-3H3,(H,17,18). The van der Waals surface area contributed by atoms with Crippen molar-refractivity contribution in [3.05, 3.63) is 29.8 Å². The zero-order valence-corrected chi connectivity index (χ0v) is 11.8. The number of alkyl carbamates (subject to hydrolysis) is 1. The van der Waals surface area contributed by atoms with Gasteiger partial charge in [-0.05, 0) is 56.7 Å². The summed E-state index contributed by atoms with van der Waals surface area (Å²) in [7, 11) is 0. The molecule has 0 aromatic heterocycles. The lowest BCUT2D eigenvalue weighted by Gasteiger charge is -2.19. The summed E-state index contributed by atoms with van der Waals surface area (Å²) in [5.74, 6) is 1.01. The summed E-state index contributed by atoms with van der Waals surface area (Å²) in [6, 6.07) is 7.97. The van der Waals surface area contributed by atoms with Gasteiger partial charge in [0.25, 0.3) is 0 Å². The van der Waals surface area contributed by atoms with Crippen molar-refractivity contribution in [3.8, 4) is 0 Å². The monoisotopic (exact) mass is 262 g/mol. The predicted octanol–water partition coefficient (Wildman–Crippen LogP) is 2.90. The number of nitrogens with one attached hydrogen (secondary N) is 1. The van der Waals surface area contributed by atoms with E-state index in [1.807, 2.05) is 39.0 Å². The van der Waals surface area contributed by atoms with Crippen LogP contribution in [0.2, 0.25) is 0 Å². The molecular weight excluding hydrogens is 240 g/mol. The lowest BCUT2D eigenvalue weighted by Crippen LogP contribution is -2.33. The zero-order chi connectivity index (χ0) is 14.0. The third kappa shape index (κ3) is 4.16. The Morgan fingerprint density at radius 3 is 2.84 bits per heavy atom. The fraction of sp³-hybridized carbons (Fsp3) is 0.533. The van der Waals surface area contributed by atoms with Gasteiger partial charge < -0.3 is 15.8 Å². The Hall–Kier alpha value is -1.71. The van der Waals surface area contributed by atoms with E-state index in [0.717, 1.165) is 12.1 Å². The van der Waals surface area contributed by atoms with Gasteiger partial charge in [0.05, 0.1) is 0 Å². The molecule has 1 saturated carbocycles. The van der Waals surface area contributed by atoms with E-state index in [1.54, 1.807) is 0 Å². The van der Waals surface area contributed by atoms with Crippen molar-refractivity contribution in [1.82, 2.24) is 5.32 Å². The van der Waals surface area contributed by atoms with Crippen molar-refractivity contribution in [2.75, 3.05) is 12.3 Å². The van der Waals surface area contributed by atoms with Gasteiger partial charge in [-0.1, -0.05) is 12.1 Å². The van der Waals surface area contributed by atoms with Crippen molar-refractivity contribution >= 4 is 11.8 Å². The molecular formula is C15H22N2O2. The van der Waals surface area contributed by atoms with Crippen LogP contribution in [0.5, 0.6) is 0 Å². The lowest BCUT2D eigenvalue weighted by atomic mass is 10.1. The number of carbonyl (C=O) groups excluding carboxylic acids is 1. The summed E-state index contributed by atoms with van der Waals surface area (Å²) in [4.78, 5) is 11.5. The third-order valence-electron chi connectivity index (χ3n) is 3.17. The maximum Gasteiger partial charge on any atom is 0.407 e. The molecule has 104 valence electrons. The van der Waals surface area contributed by atoms with E-state index in [-0.39, 0.29) is 6.09 Å². The molecule has 1 aromatic rings. The molecule has 4 nitrogen and oxygen atoms in total. The van der Waals surface area contributed by atoms with Gasteiger partial charge >= 0.3 is 6.09 Å². The van der Waals surface area contributed by atoms with Gasteiger partial charge in [0.15, 0.2) is 0 Å². The number of amides is 1. The van der Waals surface area contributed by atoms with Gasteiger partial charge in [-0.25, -0.2) is 4.79 Å². The first-order chi connectivity index (χ1) is 8.85. The van der Waals surface area contributed by atoms with E-state index in [9.17, 15) is 4.79 Å². The Morgan fingerprint density at radius 1 is 1.47 bits per heavy atom. The van der Waals surface area contributed by atoms with Crippen molar-refractivity contribution in [2.24, 2.45) is 5.92 Å². The van der Waals surface area contributed by atoms with E-state index in [0.29, 0.717) is 18.4 Å². The molecule has 3 N–H and O–H groups in total. The number of nitrogens with two attached hydrogens (primary N) is 1. The largest absolute Gasteiger partial charge is 0.444 e. The fourth-order valence-corrected chi connectivity index (χ4v) is 2.20. The number of hydrogen-bond acceptors (Lipinski definition) is 3. The zero-order valence-electron chi connectivity index (χ0n) is 11.8. The Morgan fingerprint density at radius 2 is 2.21 bits per heavy atom. The van der Waals surface area contributed by atoms with Crippen LogP contribution in [0.25, 0.3) is 0 Å². The van der Waals surface area contributed by atoms with Crippen LogP contribution < -0.4 is 11.1 Å². The number of ether oxygens (including phenoxy) is 1. The molecule has 0 spiro atoms. The van der Waals surface area contributed by atoms with Crippen molar-refractivity contribution in [1.29, 1.82) is 0 Å². The van der Waals surface area contributed by atoms with Crippen LogP contribution in [-0.2, 0) is 4.74 Å². The summed E-state index contributed by atoms with van der Waals surface area (Å²) in [6.07, 6.45) is 0.755. The molecule has 1 aliphatic carbocycles. The van der Waals surface area contributed by atoms with Gasteiger partial charge in [0.2, 0.25) is 0 Å². The molecule has 0 radical (unpaired) electrons. The van der Waals surface area contributed by atoms with E-state index in [4.69, 9.17) is 10.5 Å². The first-order valence-corrected chi connectivity index (χ1v) is 6.67. The van der Waals surface area contributed by atoms with E-state index >= 15 is 0 Å². The lowest BCUT2D eigenvalue weighted by molar-refractivity contribution is 0.0525. The first-order valence-electron chi connectivity index (χ1n) is 6.67. The number of rotatable bonds is 3. The summed E-state index contributed by atoms with van der Waals surface area (Å²) in [6.45, 7) is 6.24. The van der Waals surface area contributed by atoms with Crippen molar-refractivity contribution in [3.63, 3.8) is 0 Å². The van der Waals surface area contributed by atoms with Crippen LogP contribution in [0.1, 0.15) is 38.7 Å². The van der Waals surface area contributed by atoms with Gasteiger partial charge in [0.1, 0.15) is 5.60 Å². The SMILES string of the molecule is CC(C)(C)OC(=O)NCC1CC1c1cccc(N)c1. The Kier molecular flexibility index (Phi) is 3.69. The second-order valence-corrected chi connectivity index (χ2v) is 6.16. The minimum atomic E-state index is -0.444. The van der Waals surface area contributed by atoms with E-state index in [2.05, 4.69) is 11.4 Å². The molecule has 1 amide bonds. The van der Waals surface area contributed by atoms with Gasteiger partial charge in [-0.3, -0.25) is 0 Å². The van der Waals surface area contributed by atoms with Crippen LogP contribution in [0, 0.1) is 5.92 Å². The smallest absolute Gasteiger partial charge is 0.407 e. The Balaban J connectivity index is 1.77. The topological polar surface area (TPSA) is 64.3 Å². The van der Waals surface area contributed by atoms with Crippen molar-refractivity contribution in [2.45, 2.75) is 38.7 Å². The van der Waals surface area contributed by atoms with Crippen molar-refractivity contribution < 1.29 is 9.53 Å². The average Bonchev–Trinajstić information content (AvgIpc) is 3.03. The predicted molar refractivity (Wildman–Crippen MR) is 75.9 cm³/mol. The molecule has 0 saturated heterocycles. The highest BCUT2D eigenvalue weighted by molar-refractivity contribution is 5.67. The molecule has 1 aliphatic rings. The van der Waals surface area contributed by atoms with E-state index in [1.165, 1.54) is 5.56 Å². The molecule has 0 aliphatic heterocycles. The molecule has 2 atom stereocenters. The Labute approximate surface area is 114 Å². The van der Waals surface area contributed by atoms with E-state index < -0.39 is 5.60 Å². The van der Waals surface area contributed by atoms with Gasteiger partial charge in [0, 0.05) is 12.2 Å². The number of nitrogen functional groups attached to an aromatic ring is 1. The third-order valence-corrected chi connectivity index (χ3v) is 3.17. The highest BCUT2D eigenvalue weighted by atomic mass is 16.6. The summed E-state index contributed by atoms with van der Waals surface area (Å²) in [5, 5.41) is 2.82. The second-order valence-electron chi connectivity index (χ2n) is 6.16. The molecule has 0 bridgehead atoms. The fourth-order valence-electron chi connectivity index (χ4n) is 2.20. The quantitative estimate of drug-likeness (QED) is 0.823. The molecule has 0 heterocycles. The van der Waals surface area contributed by atoms with Gasteiger partial charge in [-0.2, -0.15) is 0 Å². The molecule has 1 fully saturated rings. The number of hydrogen-bond donors (Lipinski definition) is 2. The van der Waals surface area contributed by atoms with Crippen LogP contribution in [0.15, 0.2) is 24.3 Å².